The maximum absolute atomic E-state index is 10.5. The molecule has 1 rings (SSSR count). The lowest BCUT2D eigenvalue weighted by Gasteiger charge is -2.34. The first-order chi connectivity index (χ1) is 8.65. The Morgan fingerprint density at radius 2 is 1.89 bits per heavy atom. The summed E-state index contributed by atoms with van der Waals surface area (Å²) in [5.74, 6) is 0.159. The zero-order valence-electron chi connectivity index (χ0n) is 11.9. The fraction of sp³-hybridized carbons (Fsp3) is 0.929. The van der Waals surface area contributed by atoms with E-state index in [1.54, 1.807) is 0 Å². The number of likely N-dealkylation sites (tertiary alicyclic amines) is 1. The van der Waals surface area contributed by atoms with Crippen LogP contribution in [0.15, 0.2) is 0 Å². The van der Waals surface area contributed by atoms with Gasteiger partial charge in [0, 0.05) is 13.0 Å². The molecule has 0 atom stereocenters. The summed E-state index contributed by atoms with van der Waals surface area (Å²) >= 11 is 0. The van der Waals surface area contributed by atoms with Crippen LogP contribution in [-0.2, 0) is 4.79 Å². The van der Waals surface area contributed by atoms with Crippen molar-refractivity contribution >= 4 is 5.97 Å². The highest BCUT2D eigenvalue weighted by Crippen LogP contribution is 2.18. The smallest absolute Gasteiger partial charge is 0.303 e. The molecule has 1 aliphatic rings. The normalized spacial score (nSPS) is 18.4. The number of carbonyl (C=O) groups is 1. The highest BCUT2D eigenvalue weighted by atomic mass is 16.4. The van der Waals surface area contributed by atoms with Gasteiger partial charge in [0.2, 0.25) is 0 Å². The number of rotatable bonds is 8. The van der Waals surface area contributed by atoms with Gasteiger partial charge in [-0.2, -0.15) is 0 Å². The van der Waals surface area contributed by atoms with E-state index in [2.05, 4.69) is 23.6 Å². The first kappa shape index (κ1) is 15.4. The molecule has 0 spiro atoms. The van der Waals surface area contributed by atoms with Crippen LogP contribution in [0.4, 0.5) is 0 Å². The van der Waals surface area contributed by atoms with Gasteiger partial charge in [0.25, 0.3) is 0 Å². The maximum atomic E-state index is 10.5. The molecule has 106 valence electrons. The molecule has 0 radical (unpaired) electrons. The number of nitrogens with zero attached hydrogens (tertiary/aromatic N) is 2. The van der Waals surface area contributed by atoms with Gasteiger partial charge in [-0.15, -0.1) is 0 Å². The van der Waals surface area contributed by atoms with Crippen LogP contribution in [-0.4, -0.2) is 60.1 Å². The molecule has 0 amide bonds. The lowest BCUT2D eigenvalue weighted by Crippen LogP contribution is -2.39. The van der Waals surface area contributed by atoms with Crippen LogP contribution in [0.2, 0.25) is 0 Å². The Bertz CT molecular complexity index is 234. The Morgan fingerprint density at radius 1 is 1.28 bits per heavy atom. The second-order valence-corrected chi connectivity index (χ2v) is 5.27. The van der Waals surface area contributed by atoms with Crippen molar-refractivity contribution in [1.82, 2.24) is 9.80 Å². The summed E-state index contributed by atoms with van der Waals surface area (Å²) in [6, 6.07) is 0. The van der Waals surface area contributed by atoms with E-state index in [1.807, 2.05) is 0 Å². The number of hydrogen-bond donors (Lipinski definition) is 1. The minimum atomic E-state index is -0.675. The summed E-state index contributed by atoms with van der Waals surface area (Å²) < 4.78 is 0. The Balaban J connectivity index is 2.14. The second kappa shape index (κ2) is 8.48. The number of carboxylic acids is 1. The van der Waals surface area contributed by atoms with E-state index in [0.717, 1.165) is 45.1 Å². The summed E-state index contributed by atoms with van der Waals surface area (Å²) in [7, 11) is 0. The van der Waals surface area contributed by atoms with Crippen LogP contribution in [0.3, 0.4) is 0 Å². The van der Waals surface area contributed by atoms with Gasteiger partial charge in [-0.1, -0.05) is 13.8 Å². The predicted octanol–water partition coefficient (Wildman–Crippen LogP) is 1.91. The molecule has 0 aromatic carbocycles. The molecule has 1 saturated heterocycles. The Morgan fingerprint density at radius 3 is 2.39 bits per heavy atom. The van der Waals surface area contributed by atoms with E-state index in [4.69, 9.17) is 5.11 Å². The number of hydrogen-bond acceptors (Lipinski definition) is 3. The first-order valence-corrected chi connectivity index (χ1v) is 7.32. The number of piperidine rings is 1. The summed E-state index contributed by atoms with van der Waals surface area (Å²) in [4.78, 5) is 15.4. The van der Waals surface area contributed by atoms with Gasteiger partial charge in [-0.3, -0.25) is 4.79 Å². The van der Waals surface area contributed by atoms with Crippen LogP contribution in [0.25, 0.3) is 0 Å². The lowest BCUT2D eigenvalue weighted by molar-refractivity contribution is -0.137. The van der Waals surface area contributed by atoms with Crippen molar-refractivity contribution in [2.75, 3.05) is 39.3 Å². The van der Waals surface area contributed by atoms with Gasteiger partial charge in [-0.05, 0) is 57.9 Å². The molecule has 1 aliphatic heterocycles. The van der Waals surface area contributed by atoms with Crippen LogP contribution >= 0.6 is 0 Å². The molecule has 0 saturated carbocycles. The summed E-state index contributed by atoms with van der Waals surface area (Å²) in [6.45, 7) is 11.2. The van der Waals surface area contributed by atoms with E-state index in [-0.39, 0.29) is 0 Å². The van der Waals surface area contributed by atoms with E-state index in [0.29, 0.717) is 6.42 Å². The third-order valence-corrected chi connectivity index (χ3v) is 3.98. The van der Waals surface area contributed by atoms with Crippen molar-refractivity contribution in [1.29, 1.82) is 0 Å². The highest BCUT2D eigenvalue weighted by Gasteiger charge is 2.20. The average Bonchev–Trinajstić information content (AvgIpc) is 2.37. The fourth-order valence-electron chi connectivity index (χ4n) is 2.69. The molecular formula is C14H28N2O2. The summed E-state index contributed by atoms with van der Waals surface area (Å²) in [5, 5.41) is 8.61. The molecule has 0 aliphatic carbocycles. The molecule has 1 heterocycles. The first-order valence-electron chi connectivity index (χ1n) is 7.32. The molecule has 0 aromatic rings. The Labute approximate surface area is 111 Å². The van der Waals surface area contributed by atoms with E-state index in [1.165, 1.54) is 19.4 Å². The lowest BCUT2D eigenvalue weighted by atomic mass is 9.96. The van der Waals surface area contributed by atoms with Gasteiger partial charge in [0.05, 0.1) is 0 Å². The highest BCUT2D eigenvalue weighted by molar-refractivity contribution is 5.66. The van der Waals surface area contributed by atoms with Crippen molar-refractivity contribution in [3.8, 4) is 0 Å². The number of carboxylic acid groups (broad SMARTS) is 1. The zero-order valence-corrected chi connectivity index (χ0v) is 11.9. The quantitative estimate of drug-likeness (QED) is 0.720. The molecule has 0 aromatic heterocycles. The molecule has 1 N–H and O–H groups in total. The van der Waals surface area contributed by atoms with Crippen LogP contribution in [0.1, 0.15) is 39.5 Å². The van der Waals surface area contributed by atoms with Gasteiger partial charge in [0.1, 0.15) is 0 Å². The van der Waals surface area contributed by atoms with E-state index in [9.17, 15) is 4.79 Å². The van der Waals surface area contributed by atoms with Crippen molar-refractivity contribution in [2.24, 2.45) is 5.92 Å². The second-order valence-electron chi connectivity index (χ2n) is 5.27. The molecule has 18 heavy (non-hydrogen) atoms. The van der Waals surface area contributed by atoms with Crippen molar-refractivity contribution in [3.05, 3.63) is 0 Å². The molecule has 0 unspecified atom stereocenters. The van der Waals surface area contributed by atoms with Gasteiger partial charge < -0.3 is 14.9 Å². The van der Waals surface area contributed by atoms with Crippen molar-refractivity contribution in [2.45, 2.75) is 39.5 Å². The minimum Gasteiger partial charge on any atom is -0.481 e. The molecular weight excluding hydrogens is 228 g/mol. The molecule has 1 fully saturated rings. The monoisotopic (exact) mass is 256 g/mol. The zero-order chi connectivity index (χ0) is 13.4. The molecule has 4 nitrogen and oxygen atoms in total. The third-order valence-electron chi connectivity index (χ3n) is 3.98. The van der Waals surface area contributed by atoms with E-state index < -0.39 is 5.97 Å². The van der Waals surface area contributed by atoms with E-state index >= 15 is 0 Å². The molecule has 0 bridgehead atoms. The summed E-state index contributed by atoms with van der Waals surface area (Å²) in [6.07, 6.45) is 3.63. The van der Waals surface area contributed by atoms with Gasteiger partial charge >= 0.3 is 5.97 Å². The topological polar surface area (TPSA) is 43.8 Å². The molecule has 4 heteroatoms. The largest absolute Gasteiger partial charge is 0.481 e. The van der Waals surface area contributed by atoms with Crippen LogP contribution in [0, 0.1) is 5.92 Å². The predicted molar refractivity (Wildman–Crippen MR) is 73.8 cm³/mol. The number of aliphatic carboxylic acids is 1. The Hall–Kier alpha value is -0.610. The van der Waals surface area contributed by atoms with Crippen LogP contribution in [0.5, 0.6) is 0 Å². The van der Waals surface area contributed by atoms with Crippen molar-refractivity contribution < 1.29 is 9.90 Å². The summed E-state index contributed by atoms with van der Waals surface area (Å²) in [5.41, 5.74) is 0. The fourth-order valence-corrected chi connectivity index (χ4v) is 2.69. The van der Waals surface area contributed by atoms with Crippen LogP contribution < -0.4 is 0 Å². The Kier molecular flexibility index (Phi) is 7.28. The van der Waals surface area contributed by atoms with Gasteiger partial charge in [-0.25, -0.2) is 0 Å². The van der Waals surface area contributed by atoms with Gasteiger partial charge in [0.15, 0.2) is 0 Å². The maximum Gasteiger partial charge on any atom is 0.303 e. The third kappa shape index (κ3) is 5.83. The van der Waals surface area contributed by atoms with Crippen molar-refractivity contribution in [3.63, 3.8) is 0 Å². The standard InChI is InChI=1S/C14H28N2O2/c1-3-15(4-2)12-13-7-10-16(11-8-13)9-5-6-14(17)18/h13H,3-12H2,1-2H3,(H,17,18). The SMILES string of the molecule is CCN(CC)CC1CCN(CCCC(=O)O)CC1. The minimum absolute atomic E-state index is 0.305. The average molecular weight is 256 g/mol.